The lowest BCUT2D eigenvalue weighted by atomic mass is 10.0. The van der Waals surface area contributed by atoms with Crippen LogP contribution >= 0.6 is 7.14 Å². The van der Waals surface area contributed by atoms with Crippen LogP contribution in [0.2, 0.25) is 0 Å². The maximum absolute atomic E-state index is 15.0. The molecular weight excluding hydrogens is 447 g/mol. The van der Waals surface area contributed by atoms with Crippen molar-refractivity contribution < 1.29 is 4.57 Å². The largest absolute Gasteiger partial charge is 0.309 e. The average Bonchev–Trinajstić information content (AvgIpc) is 3.40. The SMILES string of the molecule is [C-]#[N+]c1ccc(-n2c3ccccc3c3ccc4c(c32)-c2ccccc2P4(=O)c2ccccc2)cc1. The number of hydrogen-bond donors (Lipinski definition) is 0. The number of rotatable bonds is 2. The number of benzene rings is 5. The smallest absolute Gasteiger partial charge is 0.187 e. The van der Waals surface area contributed by atoms with Gasteiger partial charge in [0.25, 0.3) is 0 Å². The molecule has 0 saturated heterocycles. The van der Waals surface area contributed by atoms with E-state index in [9.17, 15) is 0 Å². The Morgan fingerprint density at radius 2 is 1.37 bits per heavy atom. The maximum Gasteiger partial charge on any atom is 0.187 e. The minimum atomic E-state index is -3.03. The quantitative estimate of drug-likeness (QED) is 0.200. The Morgan fingerprint density at radius 1 is 0.657 bits per heavy atom. The predicted molar refractivity (Wildman–Crippen MR) is 145 cm³/mol. The van der Waals surface area contributed by atoms with E-state index in [0.717, 1.165) is 54.5 Å². The molecule has 6 aromatic rings. The van der Waals surface area contributed by atoms with Crippen LogP contribution in [0.1, 0.15) is 0 Å². The highest BCUT2D eigenvalue weighted by Gasteiger charge is 2.41. The Morgan fingerprint density at radius 3 is 2.17 bits per heavy atom. The summed E-state index contributed by atoms with van der Waals surface area (Å²) in [7, 11) is -3.03. The molecule has 1 aliphatic rings. The zero-order chi connectivity index (χ0) is 23.6. The highest BCUT2D eigenvalue weighted by Crippen LogP contribution is 2.54. The first-order valence-electron chi connectivity index (χ1n) is 11.5. The topological polar surface area (TPSA) is 26.4 Å². The van der Waals surface area contributed by atoms with Crippen molar-refractivity contribution in [1.82, 2.24) is 4.57 Å². The van der Waals surface area contributed by atoms with Gasteiger partial charge in [0.15, 0.2) is 12.8 Å². The van der Waals surface area contributed by atoms with Crippen molar-refractivity contribution in [2.75, 3.05) is 0 Å². The lowest BCUT2D eigenvalue weighted by molar-refractivity contribution is 0.593. The van der Waals surface area contributed by atoms with Crippen molar-refractivity contribution in [3.63, 3.8) is 0 Å². The van der Waals surface area contributed by atoms with Gasteiger partial charge in [-0.2, -0.15) is 0 Å². The average molecular weight is 466 g/mol. The summed E-state index contributed by atoms with van der Waals surface area (Å²) >= 11 is 0. The molecule has 164 valence electrons. The first-order valence-corrected chi connectivity index (χ1v) is 13.2. The van der Waals surface area contributed by atoms with Crippen molar-refractivity contribution in [1.29, 1.82) is 0 Å². The molecule has 0 radical (unpaired) electrons. The molecule has 0 saturated carbocycles. The van der Waals surface area contributed by atoms with E-state index < -0.39 is 7.14 Å². The molecule has 3 nitrogen and oxygen atoms in total. The Hall–Kier alpha value is -4.38. The molecule has 0 amide bonds. The summed E-state index contributed by atoms with van der Waals surface area (Å²) < 4.78 is 17.3. The minimum absolute atomic E-state index is 0.610. The summed E-state index contributed by atoms with van der Waals surface area (Å²) in [4.78, 5) is 3.56. The standard InChI is InChI=1S/C31H19N2OP/c1-32-21-15-17-22(18-16-21)33-27-13-7-5-11-24(27)25-19-20-29-30(31(25)33)26-12-6-8-14-28(26)35(29,34)23-9-3-2-4-10-23/h2-20H. The lowest BCUT2D eigenvalue weighted by Gasteiger charge is -2.16. The molecule has 0 N–H and O–H groups in total. The van der Waals surface area contributed by atoms with Crippen molar-refractivity contribution in [2.24, 2.45) is 0 Å². The van der Waals surface area contributed by atoms with E-state index in [1.807, 2.05) is 78.9 Å². The molecule has 0 aliphatic carbocycles. The van der Waals surface area contributed by atoms with Gasteiger partial charge in [0.05, 0.1) is 17.6 Å². The first-order chi connectivity index (χ1) is 17.2. The summed E-state index contributed by atoms with van der Waals surface area (Å²) in [6.07, 6.45) is 0. The van der Waals surface area contributed by atoms with E-state index in [-0.39, 0.29) is 0 Å². The van der Waals surface area contributed by atoms with Crippen LogP contribution in [0.25, 0.3) is 43.5 Å². The van der Waals surface area contributed by atoms with Crippen LogP contribution in [0.4, 0.5) is 5.69 Å². The predicted octanol–water partition coefficient (Wildman–Crippen LogP) is 6.95. The summed E-state index contributed by atoms with van der Waals surface area (Å²) in [6, 6.07) is 38.3. The van der Waals surface area contributed by atoms with E-state index in [1.165, 1.54) is 0 Å². The molecule has 1 aliphatic heterocycles. The van der Waals surface area contributed by atoms with Crippen molar-refractivity contribution in [3.05, 3.63) is 127 Å². The maximum atomic E-state index is 15.0. The summed E-state index contributed by atoms with van der Waals surface area (Å²) in [5.41, 5.74) is 5.80. The van der Waals surface area contributed by atoms with Gasteiger partial charge in [-0.25, -0.2) is 4.85 Å². The second-order valence-electron chi connectivity index (χ2n) is 8.80. The third-order valence-electron chi connectivity index (χ3n) is 7.02. The normalized spacial score (nSPS) is 16.2. The fourth-order valence-electron chi connectivity index (χ4n) is 5.52. The third kappa shape index (κ3) is 2.63. The Labute approximate surface area is 203 Å². The van der Waals surface area contributed by atoms with Gasteiger partial charge < -0.3 is 9.13 Å². The van der Waals surface area contributed by atoms with Gasteiger partial charge in [-0.05, 0) is 29.8 Å². The molecule has 1 aromatic heterocycles. The van der Waals surface area contributed by atoms with Gasteiger partial charge in [0, 0.05) is 37.9 Å². The highest BCUT2D eigenvalue weighted by atomic mass is 31.2. The van der Waals surface area contributed by atoms with Crippen LogP contribution in [-0.2, 0) is 4.57 Å². The van der Waals surface area contributed by atoms with Gasteiger partial charge in [0.1, 0.15) is 0 Å². The monoisotopic (exact) mass is 466 g/mol. The number of aromatic nitrogens is 1. The minimum Gasteiger partial charge on any atom is -0.309 e. The van der Waals surface area contributed by atoms with E-state index in [2.05, 4.69) is 45.8 Å². The van der Waals surface area contributed by atoms with Gasteiger partial charge >= 0.3 is 0 Å². The van der Waals surface area contributed by atoms with Crippen LogP contribution in [0.3, 0.4) is 0 Å². The lowest BCUT2D eigenvalue weighted by Crippen LogP contribution is -2.20. The molecule has 1 atom stereocenters. The molecule has 1 unspecified atom stereocenters. The summed E-state index contributed by atoms with van der Waals surface area (Å²) in [5, 5.41) is 4.92. The summed E-state index contributed by atoms with van der Waals surface area (Å²) in [5.74, 6) is 0. The first kappa shape index (κ1) is 20.0. The summed E-state index contributed by atoms with van der Waals surface area (Å²) in [6.45, 7) is 7.35. The van der Waals surface area contributed by atoms with E-state index in [0.29, 0.717) is 5.69 Å². The molecule has 5 aromatic carbocycles. The number of hydrogen-bond acceptors (Lipinski definition) is 1. The van der Waals surface area contributed by atoms with E-state index in [4.69, 9.17) is 6.57 Å². The molecular formula is C31H19N2OP. The van der Waals surface area contributed by atoms with Crippen LogP contribution in [0.15, 0.2) is 115 Å². The zero-order valence-corrected chi connectivity index (χ0v) is 19.6. The molecule has 4 heteroatoms. The van der Waals surface area contributed by atoms with Gasteiger partial charge in [-0.15, -0.1) is 0 Å². The van der Waals surface area contributed by atoms with E-state index >= 15 is 4.57 Å². The van der Waals surface area contributed by atoms with Crippen molar-refractivity contribution in [2.45, 2.75) is 0 Å². The Kier molecular flexibility index (Phi) is 4.18. The zero-order valence-electron chi connectivity index (χ0n) is 18.7. The Bertz CT molecular complexity index is 1880. The molecule has 2 heterocycles. The fourth-order valence-corrected chi connectivity index (χ4v) is 8.58. The molecule has 7 rings (SSSR count). The number of nitrogens with zero attached hydrogens (tertiary/aromatic N) is 2. The fraction of sp³-hybridized carbons (Fsp3) is 0. The van der Waals surface area contributed by atoms with Crippen LogP contribution < -0.4 is 15.9 Å². The molecule has 0 spiro atoms. The molecule has 35 heavy (non-hydrogen) atoms. The van der Waals surface area contributed by atoms with Crippen LogP contribution in [-0.4, -0.2) is 4.57 Å². The highest BCUT2D eigenvalue weighted by molar-refractivity contribution is 7.86. The van der Waals surface area contributed by atoms with Gasteiger partial charge in [-0.1, -0.05) is 91.0 Å². The molecule has 0 bridgehead atoms. The number of para-hydroxylation sites is 1. The second-order valence-corrected chi connectivity index (χ2v) is 11.5. The van der Waals surface area contributed by atoms with Gasteiger partial charge in [0.2, 0.25) is 0 Å². The third-order valence-corrected chi connectivity index (χ3v) is 10.2. The Balaban J connectivity index is 1.68. The van der Waals surface area contributed by atoms with Crippen LogP contribution in [0, 0.1) is 6.57 Å². The molecule has 0 fully saturated rings. The van der Waals surface area contributed by atoms with E-state index in [1.54, 1.807) is 0 Å². The number of fused-ring (bicyclic) bond motifs is 7. The van der Waals surface area contributed by atoms with Gasteiger partial charge in [-0.3, -0.25) is 0 Å². The van der Waals surface area contributed by atoms with Crippen LogP contribution in [0.5, 0.6) is 0 Å². The van der Waals surface area contributed by atoms with Crippen molar-refractivity contribution >= 4 is 50.5 Å². The van der Waals surface area contributed by atoms with Crippen molar-refractivity contribution in [3.8, 4) is 16.8 Å². The second kappa shape index (κ2) is 7.31.